The number of nitrogens with one attached hydrogen (secondary N) is 1. The van der Waals surface area contributed by atoms with Gasteiger partial charge in [0.25, 0.3) is 5.91 Å². The summed E-state index contributed by atoms with van der Waals surface area (Å²) in [5.74, 6) is -0.631. The van der Waals surface area contributed by atoms with Crippen molar-refractivity contribution in [2.24, 2.45) is 0 Å². The highest BCUT2D eigenvalue weighted by Gasteiger charge is 2.18. The van der Waals surface area contributed by atoms with Crippen LogP contribution in [0, 0.1) is 11.6 Å². The Morgan fingerprint density at radius 1 is 0.800 bits per heavy atom. The van der Waals surface area contributed by atoms with Crippen molar-refractivity contribution in [3.63, 3.8) is 0 Å². The molecular formula is C33H22F2N6O4. The summed E-state index contributed by atoms with van der Waals surface area (Å²) in [7, 11) is 0. The maximum Gasteiger partial charge on any atom is 0.303 e. The minimum Gasteiger partial charge on any atom is -0.457 e. The highest BCUT2D eigenvalue weighted by atomic mass is 19.1. The van der Waals surface area contributed by atoms with Crippen LogP contribution in [0.3, 0.4) is 0 Å². The van der Waals surface area contributed by atoms with Crippen LogP contribution >= 0.6 is 0 Å². The van der Waals surface area contributed by atoms with Gasteiger partial charge in [0, 0.05) is 18.0 Å². The van der Waals surface area contributed by atoms with E-state index in [4.69, 9.17) is 15.2 Å². The number of benzene rings is 4. The Kier molecular flexibility index (Phi) is 7.92. The summed E-state index contributed by atoms with van der Waals surface area (Å²) in [5, 5.41) is 6.29. The standard InChI is InChI=1S/C33H22F2N6O4/c34-21-8-11-23(12-9-21)41-33(43)30(38-19-39-41)32(42)40-22-10-15-27(26(35)18-22)45-28-16-17-37-31(36)29(28)20-6-13-25(14-7-20)44-24-4-2-1-3-5-24/h1-19H,(H2,36,37)(H,40,42). The molecule has 6 rings (SSSR count). The number of rotatable bonds is 8. The number of carbonyl (C=O) groups is 1. The zero-order valence-corrected chi connectivity index (χ0v) is 23.2. The fraction of sp³-hybridized carbons (Fsp3) is 0. The Morgan fingerprint density at radius 2 is 1.53 bits per heavy atom. The van der Waals surface area contributed by atoms with Gasteiger partial charge in [0.1, 0.15) is 35.2 Å². The van der Waals surface area contributed by atoms with Gasteiger partial charge in [-0.25, -0.2) is 18.7 Å². The van der Waals surface area contributed by atoms with Gasteiger partial charge in [-0.3, -0.25) is 9.59 Å². The highest BCUT2D eigenvalue weighted by molar-refractivity contribution is 6.02. The lowest BCUT2D eigenvalue weighted by molar-refractivity contribution is 0.101. The first-order valence-electron chi connectivity index (χ1n) is 13.4. The second-order valence-corrected chi connectivity index (χ2v) is 9.51. The topological polar surface area (TPSA) is 134 Å². The lowest BCUT2D eigenvalue weighted by Crippen LogP contribution is -2.31. The van der Waals surface area contributed by atoms with E-state index in [1.54, 1.807) is 30.3 Å². The molecule has 0 atom stereocenters. The molecule has 10 nitrogen and oxygen atoms in total. The van der Waals surface area contributed by atoms with Crippen molar-refractivity contribution in [2.75, 3.05) is 11.1 Å². The van der Waals surface area contributed by atoms with Crippen molar-refractivity contribution in [1.82, 2.24) is 19.7 Å². The molecule has 4 aromatic carbocycles. The molecule has 0 aliphatic carbocycles. The van der Waals surface area contributed by atoms with Gasteiger partial charge >= 0.3 is 5.56 Å². The second kappa shape index (κ2) is 12.4. The van der Waals surface area contributed by atoms with Gasteiger partial charge in [-0.1, -0.05) is 30.3 Å². The van der Waals surface area contributed by atoms with Crippen LogP contribution in [0.4, 0.5) is 20.3 Å². The SMILES string of the molecule is Nc1nccc(Oc2ccc(NC(=O)c3ncnn(-c4ccc(F)cc4)c3=O)cc2F)c1-c1ccc(Oc2ccccc2)cc1. The number of ether oxygens (including phenoxy) is 2. The number of para-hydroxylation sites is 1. The minimum atomic E-state index is -0.893. The van der Waals surface area contributed by atoms with Crippen molar-refractivity contribution in [1.29, 1.82) is 0 Å². The van der Waals surface area contributed by atoms with Crippen molar-refractivity contribution in [3.05, 3.63) is 143 Å². The molecule has 1 amide bonds. The number of hydrogen-bond donors (Lipinski definition) is 2. The smallest absolute Gasteiger partial charge is 0.303 e. The molecular weight excluding hydrogens is 582 g/mol. The second-order valence-electron chi connectivity index (χ2n) is 9.51. The summed E-state index contributed by atoms with van der Waals surface area (Å²) in [6.07, 6.45) is 2.45. The minimum absolute atomic E-state index is 0.0414. The van der Waals surface area contributed by atoms with E-state index in [1.165, 1.54) is 30.5 Å². The predicted octanol–water partition coefficient (Wildman–Crippen LogP) is 6.39. The van der Waals surface area contributed by atoms with Gasteiger partial charge in [0.15, 0.2) is 17.3 Å². The number of anilines is 2. The predicted molar refractivity (Wildman–Crippen MR) is 163 cm³/mol. The van der Waals surface area contributed by atoms with Crippen LogP contribution in [0.25, 0.3) is 16.8 Å². The van der Waals surface area contributed by atoms with Crippen LogP contribution in [0.5, 0.6) is 23.0 Å². The molecule has 0 unspecified atom stereocenters. The van der Waals surface area contributed by atoms with E-state index in [2.05, 4.69) is 20.4 Å². The third-order valence-electron chi connectivity index (χ3n) is 6.51. The largest absolute Gasteiger partial charge is 0.457 e. The van der Waals surface area contributed by atoms with E-state index >= 15 is 4.39 Å². The summed E-state index contributed by atoms with van der Waals surface area (Å²) >= 11 is 0. The molecule has 3 N–H and O–H groups in total. The molecule has 0 saturated carbocycles. The Labute approximate surface area is 254 Å². The normalized spacial score (nSPS) is 10.7. The molecule has 222 valence electrons. The molecule has 0 fully saturated rings. The van der Waals surface area contributed by atoms with Gasteiger partial charge in [0.2, 0.25) is 0 Å². The Hall–Kier alpha value is -6.43. The van der Waals surface area contributed by atoms with Crippen LogP contribution in [0.2, 0.25) is 0 Å². The Morgan fingerprint density at radius 3 is 2.27 bits per heavy atom. The first kappa shape index (κ1) is 28.7. The molecule has 0 aliphatic rings. The molecule has 0 bridgehead atoms. The van der Waals surface area contributed by atoms with Crippen molar-refractivity contribution in [2.45, 2.75) is 0 Å². The molecule has 0 radical (unpaired) electrons. The monoisotopic (exact) mass is 604 g/mol. The molecule has 6 aromatic rings. The summed E-state index contributed by atoms with van der Waals surface area (Å²) in [6, 6.07) is 26.7. The fourth-order valence-corrected chi connectivity index (χ4v) is 4.38. The Balaban J connectivity index is 1.20. The quantitative estimate of drug-likeness (QED) is 0.204. The summed E-state index contributed by atoms with van der Waals surface area (Å²) in [5.41, 5.74) is 6.24. The summed E-state index contributed by atoms with van der Waals surface area (Å²) < 4.78 is 41.2. The van der Waals surface area contributed by atoms with Crippen LogP contribution in [-0.4, -0.2) is 25.7 Å². The molecule has 0 saturated heterocycles. The van der Waals surface area contributed by atoms with Crippen LogP contribution in [0.15, 0.2) is 120 Å². The van der Waals surface area contributed by atoms with Crippen LogP contribution < -0.4 is 26.1 Å². The number of pyridine rings is 1. The number of aromatic nitrogens is 4. The van der Waals surface area contributed by atoms with Gasteiger partial charge in [-0.05, 0) is 72.3 Å². The number of nitrogen functional groups attached to an aromatic ring is 1. The molecule has 0 aliphatic heterocycles. The third kappa shape index (κ3) is 6.34. The zero-order valence-electron chi connectivity index (χ0n) is 23.2. The van der Waals surface area contributed by atoms with Gasteiger partial charge < -0.3 is 20.5 Å². The maximum absolute atomic E-state index is 15.2. The van der Waals surface area contributed by atoms with Crippen LogP contribution in [0.1, 0.15) is 10.5 Å². The van der Waals surface area contributed by atoms with Crippen molar-refractivity contribution >= 4 is 17.4 Å². The van der Waals surface area contributed by atoms with E-state index in [9.17, 15) is 14.0 Å². The number of amides is 1. The highest BCUT2D eigenvalue weighted by Crippen LogP contribution is 2.38. The van der Waals surface area contributed by atoms with E-state index in [-0.39, 0.29) is 28.7 Å². The lowest BCUT2D eigenvalue weighted by atomic mass is 10.1. The van der Waals surface area contributed by atoms with Gasteiger partial charge in [0.05, 0.1) is 11.3 Å². The van der Waals surface area contributed by atoms with E-state index in [0.29, 0.717) is 22.6 Å². The molecule has 45 heavy (non-hydrogen) atoms. The Bertz CT molecular complexity index is 2050. The molecule has 2 heterocycles. The number of carbonyl (C=O) groups excluding carboxylic acids is 1. The molecule has 0 spiro atoms. The summed E-state index contributed by atoms with van der Waals surface area (Å²) in [6.45, 7) is 0. The number of nitrogens with two attached hydrogens (primary N) is 1. The van der Waals surface area contributed by atoms with Crippen molar-refractivity contribution in [3.8, 4) is 39.8 Å². The van der Waals surface area contributed by atoms with E-state index in [1.807, 2.05) is 30.3 Å². The van der Waals surface area contributed by atoms with E-state index < -0.39 is 28.8 Å². The average molecular weight is 605 g/mol. The maximum atomic E-state index is 15.2. The third-order valence-corrected chi connectivity index (χ3v) is 6.51. The van der Waals surface area contributed by atoms with Crippen molar-refractivity contribution < 1.29 is 23.0 Å². The first-order chi connectivity index (χ1) is 21.9. The molecule has 12 heteroatoms. The first-order valence-corrected chi connectivity index (χ1v) is 13.4. The average Bonchev–Trinajstić information content (AvgIpc) is 3.04. The molecule has 2 aromatic heterocycles. The summed E-state index contributed by atoms with van der Waals surface area (Å²) in [4.78, 5) is 33.6. The van der Waals surface area contributed by atoms with E-state index in [0.717, 1.165) is 29.2 Å². The number of nitrogens with zero attached hydrogens (tertiary/aromatic N) is 4. The zero-order chi connectivity index (χ0) is 31.3. The fourth-order valence-electron chi connectivity index (χ4n) is 4.38. The van der Waals surface area contributed by atoms with Gasteiger partial charge in [-0.15, -0.1) is 0 Å². The number of hydrogen-bond acceptors (Lipinski definition) is 8. The number of halogens is 2. The van der Waals surface area contributed by atoms with Crippen LogP contribution in [-0.2, 0) is 0 Å². The van der Waals surface area contributed by atoms with Gasteiger partial charge in [-0.2, -0.15) is 9.78 Å². The lowest BCUT2D eigenvalue weighted by Gasteiger charge is -2.15.